The van der Waals surface area contributed by atoms with Gasteiger partial charge < -0.3 is 10.2 Å². The Morgan fingerprint density at radius 2 is 1.88 bits per heavy atom. The fraction of sp³-hybridized carbons (Fsp3) is 0.333. The van der Waals surface area contributed by atoms with Crippen molar-refractivity contribution in [3.05, 3.63) is 50.6 Å². The maximum absolute atomic E-state index is 12.5. The Bertz CT molecular complexity index is 790. The van der Waals surface area contributed by atoms with E-state index in [1.165, 1.54) is 11.3 Å². The van der Waals surface area contributed by atoms with E-state index >= 15 is 0 Å². The molecule has 8 heteroatoms. The molecule has 138 valence electrons. The van der Waals surface area contributed by atoms with E-state index in [0.29, 0.717) is 41.9 Å². The van der Waals surface area contributed by atoms with Crippen LogP contribution in [0.4, 0.5) is 5.69 Å². The van der Waals surface area contributed by atoms with Crippen LogP contribution >= 0.6 is 34.5 Å². The Morgan fingerprint density at radius 3 is 2.50 bits per heavy atom. The molecule has 1 aromatic carbocycles. The van der Waals surface area contributed by atoms with Gasteiger partial charge in [0.05, 0.1) is 21.6 Å². The molecule has 0 bridgehead atoms. The number of hydrogen-bond acceptors (Lipinski definition) is 4. The molecule has 0 saturated carbocycles. The molecule has 2 aromatic rings. The first-order valence-electron chi connectivity index (χ1n) is 8.28. The second-order valence-electron chi connectivity index (χ2n) is 6.09. The molecule has 3 rings (SSSR count). The summed E-state index contributed by atoms with van der Waals surface area (Å²) in [6.45, 7) is 4.38. The Kier molecular flexibility index (Phi) is 6.19. The number of piperazine rings is 1. The Hall–Kier alpha value is -1.60. The monoisotopic (exact) mass is 411 g/mol. The van der Waals surface area contributed by atoms with Crippen molar-refractivity contribution in [3.63, 3.8) is 0 Å². The Balaban J connectivity index is 1.55. The molecule has 1 saturated heterocycles. The third kappa shape index (κ3) is 4.38. The van der Waals surface area contributed by atoms with Gasteiger partial charge in [-0.1, -0.05) is 29.3 Å². The summed E-state index contributed by atoms with van der Waals surface area (Å²) >= 11 is 13.4. The number of benzene rings is 1. The van der Waals surface area contributed by atoms with Gasteiger partial charge in [0, 0.05) is 31.2 Å². The molecule has 26 heavy (non-hydrogen) atoms. The van der Waals surface area contributed by atoms with Gasteiger partial charge in [0.1, 0.15) is 0 Å². The van der Waals surface area contributed by atoms with Crippen LogP contribution in [0.1, 0.15) is 16.6 Å². The van der Waals surface area contributed by atoms with Crippen molar-refractivity contribution < 1.29 is 9.59 Å². The highest BCUT2D eigenvalue weighted by Crippen LogP contribution is 2.25. The number of rotatable bonds is 4. The molecular formula is C18H19Cl2N3O2S. The molecule has 0 aliphatic carbocycles. The molecule has 1 aliphatic heterocycles. The normalized spacial score (nSPS) is 16.3. The van der Waals surface area contributed by atoms with Crippen molar-refractivity contribution in [2.75, 3.05) is 31.5 Å². The largest absolute Gasteiger partial charge is 0.335 e. The predicted molar refractivity (Wildman–Crippen MR) is 106 cm³/mol. The smallest absolute Gasteiger partial charge is 0.264 e. The lowest BCUT2D eigenvalue weighted by Gasteiger charge is -2.37. The van der Waals surface area contributed by atoms with Crippen LogP contribution < -0.4 is 5.32 Å². The van der Waals surface area contributed by atoms with Gasteiger partial charge in [0.25, 0.3) is 5.91 Å². The summed E-state index contributed by atoms with van der Waals surface area (Å²) in [5, 5.41) is 5.67. The summed E-state index contributed by atoms with van der Waals surface area (Å²) < 4.78 is 0. The topological polar surface area (TPSA) is 52.7 Å². The van der Waals surface area contributed by atoms with Gasteiger partial charge in [-0.3, -0.25) is 14.5 Å². The van der Waals surface area contributed by atoms with E-state index in [-0.39, 0.29) is 17.9 Å². The summed E-state index contributed by atoms with van der Waals surface area (Å²) in [6, 6.07) is 8.36. The first-order chi connectivity index (χ1) is 12.5. The number of carbonyl (C=O) groups is 2. The summed E-state index contributed by atoms with van der Waals surface area (Å²) in [7, 11) is 0. The van der Waals surface area contributed by atoms with Crippen LogP contribution in [0.5, 0.6) is 0 Å². The van der Waals surface area contributed by atoms with Crippen molar-refractivity contribution in [2.24, 2.45) is 0 Å². The number of nitrogens with one attached hydrogen (secondary N) is 1. The van der Waals surface area contributed by atoms with E-state index < -0.39 is 0 Å². The molecule has 0 spiro atoms. The molecule has 1 N–H and O–H groups in total. The summed E-state index contributed by atoms with van der Waals surface area (Å²) in [5.74, 6) is -0.0723. The number of carbonyl (C=O) groups excluding carboxylic acids is 2. The van der Waals surface area contributed by atoms with Crippen LogP contribution in [0.15, 0.2) is 35.7 Å². The minimum Gasteiger partial charge on any atom is -0.335 e. The number of hydrogen-bond donors (Lipinski definition) is 1. The van der Waals surface area contributed by atoms with Gasteiger partial charge in [0.2, 0.25) is 5.91 Å². The van der Waals surface area contributed by atoms with Crippen LogP contribution in [0.2, 0.25) is 10.0 Å². The first kappa shape index (κ1) is 19.2. The summed E-state index contributed by atoms with van der Waals surface area (Å²) in [6.07, 6.45) is 0. The van der Waals surface area contributed by atoms with E-state index in [4.69, 9.17) is 23.2 Å². The average molecular weight is 412 g/mol. The maximum atomic E-state index is 12.5. The number of thiophene rings is 1. The van der Waals surface area contributed by atoms with Crippen molar-refractivity contribution in [3.8, 4) is 0 Å². The number of nitrogens with zero attached hydrogens (tertiary/aromatic N) is 2. The Labute approximate surface area is 166 Å². The maximum Gasteiger partial charge on any atom is 0.264 e. The van der Waals surface area contributed by atoms with Gasteiger partial charge in [0.15, 0.2) is 0 Å². The lowest BCUT2D eigenvalue weighted by Crippen LogP contribution is -2.53. The van der Waals surface area contributed by atoms with Crippen molar-refractivity contribution in [2.45, 2.75) is 13.0 Å². The molecule has 2 amide bonds. The zero-order valence-corrected chi connectivity index (χ0v) is 16.6. The predicted octanol–water partition coefficient (Wildman–Crippen LogP) is 3.84. The van der Waals surface area contributed by atoms with Crippen molar-refractivity contribution >= 4 is 52.0 Å². The van der Waals surface area contributed by atoms with E-state index in [0.717, 1.165) is 4.88 Å². The van der Waals surface area contributed by atoms with E-state index in [2.05, 4.69) is 10.2 Å². The molecule has 5 nitrogen and oxygen atoms in total. The molecule has 1 aromatic heterocycles. The Morgan fingerprint density at radius 1 is 1.15 bits per heavy atom. The molecule has 1 fully saturated rings. The second-order valence-corrected chi connectivity index (χ2v) is 7.89. The third-order valence-electron chi connectivity index (χ3n) is 4.45. The standard InChI is InChI=1S/C18H19Cl2N3O2S/c1-12(17(24)21-15-5-4-13(19)11-14(15)20)22-6-8-23(9-7-22)18(25)16-3-2-10-26-16/h2-5,10-12H,6-9H2,1H3,(H,21,24)/t12-/m0/s1. The minimum absolute atomic E-state index is 0.0599. The summed E-state index contributed by atoms with van der Waals surface area (Å²) in [4.78, 5) is 29.6. The van der Waals surface area contributed by atoms with E-state index in [1.54, 1.807) is 18.2 Å². The van der Waals surface area contributed by atoms with E-state index in [1.807, 2.05) is 29.3 Å². The number of halogens is 2. The van der Waals surface area contributed by atoms with Crippen molar-refractivity contribution in [1.29, 1.82) is 0 Å². The van der Waals surface area contributed by atoms with Gasteiger partial charge in [-0.15, -0.1) is 11.3 Å². The van der Waals surface area contributed by atoms with Crippen molar-refractivity contribution in [1.82, 2.24) is 9.80 Å². The highest BCUT2D eigenvalue weighted by molar-refractivity contribution is 7.12. The minimum atomic E-state index is -0.319. The lowest BCUT2D eigenvalue weighted by atomic mass is 10.2. The van der Waals surface area contributed by atoms with Crippen LogP contribution in [-0.4, -0.2) is 53.8 Å². The average Bonchev–Trinajstić information content (AvgIpc) is 3.17. The highest BCUT2D eigenvalue weighted by atomic mass is 35.5. The number of anilines is 1. The van der Waals surface area contributed by atoms with Gasteiger partial charge in [-0.25, -0.2) is 0 Å². The fourth-order valence-corrected chi connectivity index (χ4v) is 4.01. The third-order valence-corrected chi connectivity index (χ3v) is 5.86. The van der Waals surface area contributed by atoms with Gasteiger partial charge >= 0.3 is 0 Å². The van der Waals surface area contributed by atoms with Gasteiger partial charge in [-0.2, -0.15) is 0 Å². The van der Waals surface area contributed by atoms with Crippen LogP contribution in [0.25, 0.3) is 0 Å². The highest BCUT2D eigenvalue weighted by Gasteiger charge is 2.28. The molecule has 2 heterocycles. The molecule has 0 unspecified atom stereocenters. The van der Waals surface area contributed by atoms with Gasteiger partial charge in [-0.05, 0) is 36.6 Å². The van der Waals surface area contributed by atoms with E-state index in [9.17, 15) is 9.59 Å². The number of amides is 2. The first-order valence-corrected chi connectivity index (χ1v) is 9.92. The SMILES string of the molecule is C[C@@H](C(=O)Nc1ccc(Cl)cc1Cl)N1CCN(C(=O)c2cccs2)CC1. The summed E-state index contributed by atoms with van der Waals surface area (Å²) in [5.41, 5.74) is 0.541. The zero-order chi connectivity index (χ0) is 18.7. The zero-order valence-electron chi connectivity index (χ0n) is 14.2. The molecular weight excluding hydrogens is 393 g/mol. The van der Waals surface area contributed by atoms with Crippen LogP contribution in [0.3, 0.4) is 0 Å². The van der Waals surface area contributed by atoms with Crippen LogP contribution in [-0.2, 0) is 4.79 Å². The quantitative estimate of drug-likeness (QED) is 0.831. The lowest BCUT2D eigenvalue weighted by molar-refractivity contribution is -0.121. The fourth-order valence-electron chi connectivity index (χ4n) is 2.86. The second kappa shape index (κ2) is 8.39. The molecule has 0 radical (unpaired) electrons. The molecule has 1 atom stereocenters. The molecule has 1 aliphatic rings. The van der Waals surface area contributed by atoms with Crippen LogP contribution in [0, 0.1) is 0 Å².